The van der Waals surface area contributed by atoms with Crippen LogP contribution in [0.2, 0.25) is 0 Å². The van der Waals surface area contributed by atoms with Crippen molar-refractivity contribution < 1.29 is 23.5 Å². The molecule has 0 spiro atoms. The topological polar surface area (TPSA) is 87.7 Å². The van der Waals surface area contributed by atoms with Gasteiger partial charge in [0.15, 0.2) is 12.1 Å². The van der Waals surface area contributed by atoms with E-state index in [0.29, 0.717) is 23.4 Å². The number of benzene rings is 4. The van der Waals surface area contributed by atoms with Crippen LogP contribution in [0.25, 0.3) is 0 Å². The predicted octanol–water partition coefficient (Wildman–Crippen LogP) is 5.46. The van der Waals surface area contributed by atoms with Gasteiger partial charge in [-0.05, 0) is 53.1 Å². The smallest absolute Gasteiger partial charge is 0.411 e. The molecule has 0 aliphatic carbocycles. The molecule has 1 fully saturated rings. The highest BCUT2D eigenvalue weighted by Gasteiger charge is 2.47. The molecule has 0 bridgehead atoms. The lowest BCUT2D eigenvalue weighted by Gasteiger charge is -2.24. The van der Waals surface area contributed by atoms with Gasteiger partial charge in [0.25, 0.3) is 5.91 Å². The first-order valence-electron chi connectivity index (χ1n) is 12.5. The molecule has 8 heteroatoms. The summed E-state index contributed by atoms with van der Waals surface area (Å²) < 4.78 is 19.0. The van der Waals surface area contributed by atoms with Crippen molar-refractivity contribution in [1.82, 2.24) is 10.2 Å². The maximum atomic E-state index is 13.5. The lowest BCUT2D eigenvalue weighted by atomic mass is 10.00. The summed E-state index contributed by atoms with van der Waals surface area (Å²) >= 11 is 0. The molecule has 4 aromatic carbocycles. The van der Waals surface area contributed by atoms with Gasteiger partial charge in [0.1, 0.15) is 5.82 Å². The third kappa shape index (κ3) is 6.13. The lowest BCUT2D eigenvalue weighted by molar-refractivity contribution is -0.126. The number of amides is 3. The second kappa shape index (κ2) is 11.6. The summed E-state index contributed by atoms with van der Waals surface area (Å²) in [6, 6.07) is 29.9. The molecule has 1 saturated heterocycles. The molecule has 2 atom stereocenters. The van der Waals surface area contributed by atoms with E-state index in [-0.39, 0.29) is 12.5 Å². The van der Waals surface area contributed by atoms with Crippen LogP contribution in [0.3, 0.4) is 0 Å². The van der Waals surface area contributed by atoms with Crippen molar-refractivity contribution in [1.29, 1.82) is 0 Å². The van der Waals surface area contributed by atoms with E-state index in [1.807, 2.05) is 60.7 Å². The minimum absolute atomic E-state index is 0.195. The molecule has 5 rings (SSSR count). The van der Waals surface area contributed by atoms with Gasteiger partial charge in [0.2, 0.25) is 5.91 Å². The Morgan fingerprint density at radius 2 is 1.49 bits per heavy atom. The van der Waals surface area contributed by atoms with Crippen molar-refractivity contribution in [2.45, 2.75) is 25.2 Å². The Kier molecular flexibility index (Phi) is 7.63. The Hall–Kier alpha value is -4.98. The molecule has 1 aliphatic rings. The number of ether oxygens (including phenoxy) is 1. The first-order chi connectivity index (χ1) is 19.0. The van der Waals surface area contributed by atoms with Gasteiger partial charge in [0, 0.05) is 17.8 Å². The number of nitrogens with zero attached hydrogens (tertiary/aromatic N) is 1. The number of hydrogen-bond donors (Lipinski definition) is 2. The average Bonchev–Trinajstić information content (AvgIpc) is 3.29. The van der Waals surface area contributed by atoms with Gasteiger partial charge in [-0.1, -0.05) is 72.8 Å². The largest absolute Gasteiger partial charge is 0.438 e. The van der Waals surface area contributed by atoms with Crippen LogP contribution in [0.5, 0.6) is 0 Å². The molecule has 39 heavy (non-hydrogen) atoms. The van der Waals surface area contributed by atoms with Gasteiger partial charge >= 0.3 is 6.09 Å². The Bertz CT molecular complexity index is 1460. The van der Waals surface area contributed by atoms with Crippen molar-refractivity contribution in [3.8, 4) is 0 Å². The van der Waals surface area contributed by atoms with Gasteiger partial charge < -0.3 is 15.4 Å². The zero-order valence-corrected chi connectivity index (χ0v) is 20.9. The number of hydrogen-bond acceptors (Lipinski definition) is 4. The van der Waals surface area contributed by atoms with Gasteiger partial charge in [0.05, 0.1) is 6.54 Å². The van der Waals surface area contributed by atoms with Crippen LogP contribution >= 0.6 is 0 Å². The SMILES string of the molecule is O=C(Nc1cccc(C2OC(=O)N(Cc3ccccc3)C2C(=O)NCc2ccccc2)c1)c1ccc(F)cc1. The van der Waals surface area contributed by atoms with Crippen LogP contribution < -0.4 is 10.6 Å². The van der Waals surface area contributed by atoms with E-state index in [4.69, 9.17) is 4.74 Å². The van der Waals surface area contributed by atoms with Crippen LogP contribution in [-0.4, -0.2) is 28.8 Å². The molecule has 2 unspecified atom stereocenters. The molecular formula is C31H26FN3O4. The number of halogens is 1. The van der Waals surface area contributed by atoms with Crippen LogP contribution in [0.15, 0.2) is 109 Å². The van der Waals surface area contributed by atoms with E-state index >= 15 is 0 Å². The summed E-state index contributed by atoms with van der Waals surface area (Å²) in [5, 5.41) is 5.72. The lowest BCUT2D eigenvalue weighted by Crippen LogP contribution is -2.46. The van der Waals surface area contributed by atoms with Crippen molar-refractivity contribution in [2.24, 2.45) is 0 Å². The number of rotatable bonds is 8. The molecule has 196 valence electrons. The molecule has 7 nitrogen and oxygen atoms in total. The summed E-state index contributed by atoms with van der Waals surface area (Å²) in [6.07, 6.45) is -1.51. The quantitative estimate of drug-likeness (QED) is 0.321. The van der Waals surface area contributed by atoms with E-state index in [1.54, 1.807) is 24.3 Å². The molecule has 1 aliphatic heterocycles. The van der Waals surface area contributed by atoms with E-state index < -0.39 is 30.0 Å². The number of carbonyl (C=O) groups excluding carboxylic acids is 3. The van der Waals surface area contributed by atoms with Crippen LogP contribution in [0.4, 0.5) is 14.9 Å². The van der Waals surface area contributed by atoms with Crippen molar-refractivity contribution >= 4 is 23.6 Å². The maximum absolute atomic E-state index is 13.5. The normalized spacial score (nSPS) is 16.4. The first kappa shape index (κ1) is 25.7. The highest BCUT2D eigenvalue weighted by molar-refractivity contribution is 6.04. The number of anilines is 1. The van der Waals surface area contributed by atoms with Crippen molar-refractivity contribution in [3.63, 3.8) is 0 Å². The van der Waals surface area contributed by atoms with E-state index in [9.17, 15) is 18.8 Å². The van der Waals surface area contributed by atoms with Gasteiger partial charge in [-0.3, -0.25) is 14.5 Å². The van der Waals surface area contributed by atoms with Crippen LogP contribution in [-0.2, 0) is 22.6 Å². The Balaban J connectivity index is 1.39. The zero-order valence-electron chi connectivity index (χ0n) is 20.9. The molecule has 0 saturated carbocycles. The Morgan fingerprint density at radius 3 is 2.18 bits per heavy atom. The second-order valence-electron chi connectivity index (χ2n) is 9.15. The van der Waals surface area contributed by atoms with Crippen LogP contribution in [0, 0.1) is 5.82 Å². The fourth-order valence-electron chi connectivity index (χ4n) is 4.48. The van der Waals surface area contributed by atoms with Crippen molar-refractivity contribution in [3.05, 3.63) is 137 Å². The molecule has 2 N–H and O–H groups in total. The standard InChI is InChI=1S/C31H26FN3O4/c32-25-16-14-23(15-17-25)29(36)34-26-13-7-12-24(18-26)28-27(30(37)33-19-21-8-3-1-4-9-21)35(31(38)39-28)20-22-10-5-2-6-11-22/h1-18,27-28H,19-20H2,(H,33,37)(H,34,36). The summed E-state index contributed by atoms with van der Waals surface area (Å²) in [4.78, 5) is 40.7. The minimum Gasteiger partial charge on any atom is -0.438 e. The fourth-order valence-corrected chi connectivity index (χ4v) is 4.48. The van der Waals surface area contributed by atoms with Gasteiger partial charge in [-0.25, -0.2) is 9.18 Å². The van der Waals surface area contributed by atoms with E-state index in [1.165, 1.54) is 29.2 Å². The Labute approximate surface area is 225 Å². The van der Waals surface area contributed by atoms with Crippen LogP contribution in [0.1, 0.15) is 33.2 Å². The van der Waals surface area contributed by atoms with Gasteiger partial charge in [-0.2, -0.15) is 0 Å². The summed E-state index contributed by atoms with van der Waals surface area (Å²) in [6.45, 7) is 0.491. The van der Waals surface area contributed by atoms with Gasteiger partial charge in [-0.15, -0.1) is 0 Å². The first-order valence-corrected chi connectivity index (χ1v) is 12.5. The number of cyclic esters (lactones) is 1. The maximum Gasteiger partial charge on any atom is 0.411 e. The monoisotopic (exact) mass is 523 g/mol. The molecule has 0 aromatic heterocycles. The molecule has 0 radical (unpaired) electrons. The number of carbonyl (C=O) groups is 3. The molecular weight excluding hydrogens is 497 g/mol. The molecule has 4 aromatic rings. The Morgan fingerprint density at radius 1 is 0.821 bits per heavy atom. The second-order valence-corrected chi connectivity index (χ2v) is 9.15. The molecule has 3 amide bonds. The van der Waals surface area contributed by atoms with Crippen molar-refractivity contribution in [2.75, 3.05) is 5.32 Å². The third-order valence-corrected chi connectivity index (χ3v) is 6.44. The zero-order chi connectivity index (χ0) is 27.2. The number of nitrogens with one attached hydrogen (secondary N) is 2. The third-order valence-electron chi connectivity index (χ3n) is 6.44. The average molecular weight is 524 g/mol. The van der Waals surface area contributed by atoms with E-state index in [0.717, 1.165) is 11.1 Å². The van der Waals surface area contributed by atoms with E-state index in [2.05, 4.69) is 10.6 Å². The fraction of sp³-hybridized carbons (Fsp3) is 0.129. The summed E-state index contributed by atoms with van der Waals surface area (Å²) in [5.41, 5.74) is 3.07. The highest BCUT2D eigenvalue weighted by atomic mass is 19.1. The summed E-state index contributed by atoms with van der Waals surface area (Å²) in [5.74, 6) is -1.21. The molecule has 1 heterocycles. The predicted molar refractivity (Wildman–Crippen MR) is 144 cm³/mol. The summed E-state index contributed by atoms with van der Waals surface area (Å²) in [7, 11) is 0. The minimum atomic E-state index is -0.940. The highest BCUT2D eigenvalue weighted by Crippen LogP contribution is 2.35.